The van der Waals surface area contributed by atoms with Gasteiger partial charge in [-0.3, -0.25) is 4.89 Å². The van der Waals surface area contributed by atoms with Gasteiger partial charge in [-0.2, -0.15) is 4.89 Å². The quantitative estimate of drug-likeness (QED) is 0.606. The Labute approximate surface area is 112 Å². The van der Waals surface area contributed by atoms with E-state index in [1.807, 2.05) is 0 Å². The number of hydrogen-bond acceptors (Lipinski definition) is 5. The third-order valence-electron chi connectivity index (χ3n) is 3.18. The third kappa shape index (κ3) is 3.17. The van der Waals surface area contributed by atoms with Gasteiger partial charge < -0.3 is 9.47 Å². The fourth-order valence-corrected chi connectivity index (χ4v) is 2.19. The third-order valence-corrected chi connectivity index (χ3v) is 3.18. The number of para-hydroxylation sites is 1. The van der Waals surface area contributed by atoms with Crippen molar-refractivity contribution in [1.82, 2.24) is 0 Å². The summed E-state index contributed by atoms with van der Waals surface area (Å²) >= 11 is 0. The Morgan fingerprint density at radius 1 is 1.16 bits per heavy atom. The Bertz CT molecular complexity index is 437. The van der Waals surface area contributed by atoms with E-state index in [-0.39, 0.29) is 6.10 Å². The molecule has 19 heavy (non-hydrogen) atoms. The molecule has 0 saturated heterocycles. The topological polar surface area (TPSA) is 54.0 Å². The van der Waals surface area contributed by atoms with Crippen LogP contribution in [0.3, 0.4) is 0 Å². The molecule has 0 unspecified atom stereocenters. The maximum atomic E-state index is 12.0. The predicted molar refractivity (Wildman–Crippen MR) is 68.3 cm³/mol. The monoisotopic (exact) mass is 266 g/mol. The number of carbonyl (C=O) groups excluding carboxylic acids is 1. The summed E-state index contributed by atoms with van der Waals surface area (Å²) in [6.07, 6.45) is 4.11. The zero-order valence-electron chi connectivity index (χ0n) is 11.2. The molecule has 1 aliphatic carbocycles. The van der Waals surface area contributed by atoms with Gasteiger partial charge in [-0.25, -0.2) is 4.79 Å². The molecule has 0 radical (unpaired) electrons. The minimum atomic E-state index is -0.567. The van der Waals surface area contributed by atoms with Crippen molar-refractivity contribution in [3.8, 4) is 11.5 Å². The minimum Gasteiger partial charge on any atom is -0.493 e. The first-order valence-electron chi connectivity index (χ1n) is 6.35. The molecule has 1 fully saturated rings. The zero-order valence-corrected chi connectivity index (χ0v) is 11.2. The van der Waals surface area contributed by atoms with Crippen molar-refractivity contribution in [3.05, 3.63) is 23.8 Å². The Morgan fingerprint density at radius 2 is 1.89 bits per heavy atom. The summed E-state index contributed by atoms with van der Waals surface area (Å²) in [5.74, 6) is 0.269. The largest absolute Gasteiger partial charge is 0.493 e. The average Bonchev–Trinajstić information content (AvgIpc) is 2.97. The highest BCUT2D eigenvalue weighted by Crippen LogP contribution is 2.31. The van der Waals surface area contributed by atoms with Crippen LogP contribution in [0.1, 0.15) is 36.0 Å². The Hall–Kier alpha value is -1.75. The highest BCUT2D eigenvalue weighted by Gasteiger charge is 2.22. The minimum absolute atomic E-state index is 0.0144. The molecule has 5 heteroatoms. The zero-order chi connectivity index (χ0) is 13.7. The maximum Gasteiger partial charge on any atom is 0.376 e. The molecule has 1 aliphatic rings. The van der Waals surface area contributed by atoms with Crippen LogP contribution in [0.15, 0.2) is 18.2 Å². The Kier molecular flexibility index (Phi) is 4.63. The van der Waals surface area contributed by atoms with Crippen LogP contribution in [0, 0.1) is 0 Å². The van der Waals surface area contributed by atoms with E-state index in [4.69, 9.17) is 19.2 Å². The number of hydrogen-bond donors (Lipinski definition) is 0. The van der Waals surface area contributed by atoms with E-state index in [0.717, 1.165) is 25.7 Å². The Morgan fingerprint density at radius 3 is 2.53 bits per heavy atom. The second-order valence-corrected chi connectivity index (χ2v) is 4.41. The second kappa shape index (κ2) is 6.43. The van der Waals surface area contributed by atoms with Crippen LogP contribution in [0.2, 0.25) is 0 Å². The lowest BCUT2D eigenvalue weighted by Gasteiger charge is -2.13. The summed E-state index contributed by atoms with van der Waals surface area (Å²) in [4.78, 5) is 22.0. The fraction of sp³-hybridized carbons (Fsp3) is 0.500. The van der Waals surface area contributed by atoms with Crippen molar-refractivity contribution in [3.63, 3.8) is 0 Å². The lowest BCUT2D eigenvalue weighted by atomic mass is 10.2. The van der Waals surface area contributed by atoms with Gasteiger partial charge in [0.1, 0.15) is 11.7 Å². The van der Waals surface area contributed by atoms with Gasteiger partial charge in [0.2, 0.25) is 0 Å². The Balaban J connectivity index is 2.05. The van der Waals surface area contributed by atoms with Gasteiger partial charge >= 0.3 is 5.97 Å². The van der Waals surface area contributed by atoms with Crippen LogP contribution in [-0.2, 0) is 9.78 Å². The molecule has 0 aliphatic heterocycles. The standard InChI is InChI=1S/C14H18O5/c1-16-12-9-5-8-11(13(12)17-2)14(15)19-18-10-6-3-4-7-10/h5,8-10H,3-4,6-7H2,1-2H3. The van der Waals surface area contributed by atoms with Gasteiger partial charge in [0.25, 0.3) is 0 Å². The van der Waals surface area contributed by atoms with Crippen molar-refractivity contribution < 1.29 is 24.0 Å². The van der Waals surface area contributed by atoms with Crippen molar-refractivity contribution in [1.29, 1.82) is 0 Å². The van der Waals surface area contributed by atoms with E-state index < -0.39 is 5.97 Å². The van der Waals surface area contributed by atoms with E-state index in [1.54, 1.807) is 18.2 Å². The molecular weight excluding hydrogens is 248 g/mol. The maximum absolute atomic E-state index is 12.0. The van der Waals surface area contributed by atoms with E-state index in [2.05, 4.69) is 0 Å². The summed E-state index contributed by atoms with van der Waals surface area (Å²) < 4.78 is 10.3. The summed E-state index contributed by atoms with van der Waals surface area (Å²) in [5.41, 5.74) is 0.292. The molecule has 0 bridgehead atoms. The molecule has 1 aromatic carbocycles. The van der Waals surface area contributed by atoms with Gasteiger partial charge in [0.15, 0.2) is 11.5 Å². The van der Waals surface area contributed by atoms with Crippen LogP contribution in [0.4, 0.5) is 0 Å². The van der Waals surface area contributed by atoms with Crippen LogP contribution >= 0.6 is 0 Å². The number of ether oxygens (including phenoxy) is 2. The van der Waals surface area contributed by atoms with Gasteiger partial charge in [-0.1, -0.05) is 18.9 Å². The lowest BCUT2D eigenvalue weighted by molar-refractivity contribution is -0.272. The molecule has 0 heterocycles. The molecule has 0 spiro atoms. The first kappa shape index (κ1) is 13.7. The molecule has 1 saturated carbocycles. The SMILES string of the molecule is COc1cccc(C(=O)OOC2CCCC2)c1OC. The predicted octanol–water partition coefficient (Wildman–Crippen LogP) is 2.73. The summed E-state index contributed by atoms with van der Waals surface area (Å²) in [6.45, 7) is 0. The van der Waals surface area contributed by atoms with E-state index in [1.165, 1.54) is 14.2 Å². The second-order valence-electron chi connectivity index (χ2n) is 4.41. The summed E-state index contributed by atoms with van der Waals surface area (Å²) in [5, 5.41) is 0. The molecular formula is C14H18O5. The highest BCUT2D eigenvalue weighted by molar-refractivity contribution is 5.93. The average molecular weight is 266 g/mol. The van der Waals surface area contributed by atoms with Gasteiger partial charge in [0, 0.05) is 0 Å². The van der Waals surface area contributed by atoms with Crippen molar-refractivity contribution in [2.45, 2.75) is 31.8 Å². The van der Waals surface area contributed by atoms with Gasteiger partial charge in [0.05, 0.1) is 14.2 Å². The molecule has 0 aromatic heterocycles. The van der Waals surface area contributed by atoms with Gasteiger partial charge in [-0.15, -0.1) is 0 Å². The van der Waals surface area contributed by atoms with E-state index in [0.29, 0.717) is 17.1 Å². The molecule has 0 amide bonds. The van der Waals surface area contributed by atoms with Crippen molar-refractivity contribution in [2.24, 2.45) is 0 Å². The van der Waals surface area contributed by atoms with Crippen LogP contribution in [0.5, 0.6) is 11.5 Å². The first-order chi connectivity index (χ1) is 9.26. The number of rotatable bonds is 5. The number of carbonyl (C=O) groups is 1. The van der Waals surface area contributed by atoms with Gasteiger partial charge in [-0.05, 0) is 25.0 Å². The summed E-state index contributed by atoms with van der Waals surface area (Å²) in [6, 6.07) is 5.03. The van der Waals surface area contributed by atoms with E-state index >= 15 is 0 Å². The number of methoxy groups -OCH3 is 2. The van der Waals surface area contributed by atoms with Crippen molar-refractivity contribution >= 4 is 5.97 Å². The highest BCUT2D eigenvalue weighted by atomic mass is 17.2. The van der Waals surface area contributed by atoms with Crippen LogP contribution in [0.25, 0.3) is 0 Å². The van der Waals surface area contributed by atoms with E-state index in [9.17, 15) is 4.79 Å². The molecule has 1 aromatic rings. The molecule has 0 N–H and O–H groups in total. The number of benzene rings is 1. The lowest BCUT2D eigenvalue weighted by Crippen LogP contribution is -2.14. The molecule has 5 nitrogen and oxygen atoms in total. The normalized spacial score (nSPS) is 15.3. The van der Waals surface area contributed by atoms with Crippen molar-refractivity contribution in [2.75, 3.05) is 14.2 Å². The molecule has 2 rings (SSSR count). The fourth-order valence-electron chi connectivity index (χ4n) is 2.19. The smallest absolute Gasteiger partial charge is 0.376 e. The summed E-state index contributed by atoms with van der Waals surface area (Å²) in [7, 11) is 2.99. The van der Waals surface area contributed by atoms with Crippen LogP contribution in [-0.4, -0.2) is 26.3 Å². The molecule has 104 valence electrons. The van der Waals surface area contributed by atoms with Crippen LogP contribution < -0.4 is 9.47 Å². The molecule has 0 atom stereocenters. The first-order valence-corrected chi connectivity index (χ1v) is 6.35.